The Balaban J connectivity index is 1.79. The van der Waals surface area contributed by atoms with Crippen LogP contribution in [0.3, 0.4) is 0 Å². The molecule has 0 spiro atoms. The Kier molecular flexibility index (Phi) is 0.894. The fraction of sp³-hybridized carbons (Fsp3) is 0.917. The Morgan fingerprint density at radius 2 is 1.73 bits per heavy atom. The lowest BCUT2D eigenvalue weighted by Crippen LogP contribution is -2.64. The highest BCUT2D eigenvalue weighted by molar-refractivity contribution is 5.82. The summed E-state index contributed by atoms with van der Waals surface area (Å²) < 4.78 is 0. The molecule has 9 atom stereocenters. The van der Waals surface area contributed by atoms with Gasteiger partial charge in [0, 0.05) is 0 Å². The smallest absolute Gasteiger partial charge is 0.324 e. The molecule has 5 saturated carbocycles. The van der Waals surface area contributed by atoms with Crippen LogP contribution in [0.5, 0.6) is 0 Å². The van der Waals surface area contributed by atoms with Crippen molar-refractivity contribution in [2.45, 2.75) is 18.4 Å². The van der Waals surface area contributed by atoms with Crippen LogP contribution in [0, 0.1) is 47.3 Å². The van der Waals surface area contributed by atoms with Crippen molar-refractivity contribution >= 4 is 5.97 Å². The molecule has 15 heavy (non-hydrogen) atoms. The monoisotopic (exact) mass is 205 g/mol. The summed E-state index contributed by atoms with van der Waals surface area (Å²) in [4.78, 5) is 11.5. The Morgan fingerprint density at radius 1 is 1.07 bits per heavy atom. The maximum Gasteiger partial charge on any atom is 0.324 e. The molecular formula is C12H15NO2. The topological polar surface area (TPSA) is 63.3 Å². The van der Waals surface area contributed by atoms with E-state index in [1.54, 1.807) is 0 Å². The number of fused-ring (bicyclic) bond motifs is 2. The summed E-state index contributed by atoms with van der Waals surface area (Å²) in [7, 11) is 0. The zero-order valence-corrected chi connectivity index (χ0v) is 8.47. The summed E-state index contributed by atoms with van der Waals surface area (Å²) in [5, 5.41) is 9.46. The van der Waals surface area contributed by atoms with E-state index in [9.17, 15) is 9.90 Å². The second kappa shape index (κ2) is 1.75. The molecule has 2 bridgehead atoms. The summed E-state index contributed by atoms with van der Waals surface area (Å²) in [6, 6.07) is 0. The third-order valence-electron chi connectivity index (χ3n) is 6.84. The van der Waals surface area contributed by atoms with Crippen molar-refractivity contribution in [2.24, 2.45) is 53.1 Å². The van der Waals surface area contributed by atoms with E-state index in [0.717, 1.165) is 11.8 Å². The van der Waals surface area contributed by atoms with E-state index in [-0.39, 0.29) is 0 Å². The molecule has 5 aliphatic carbocycles. The minimum Gasteiger partial charge on any atom is -0.480 e. The Hall–Kier alpha value is -0.570. The Bertz CT molecular complexity index is 402. The first-order valence-corrected chi connectivity index (χ1v) is 6.18. The number of rotatable bonds is 1. The first kappa shape index (κ1) is 7.66. The Morgan fingerprint density at radius 3 is 2.47 bits per heavy atom. The van der Waals surface area contributed by atoms with Crippen LogP contribution in [0.25, 0.3) is 0 Å². The quantitative estimate of drug-likeness (QED) is 0.657. The molecule has 80 valence electrons. The highest BCUT2D eigenvalue weighted by atomic mass is 16.4. The van der Waals surface area contributed by atoms with Crippen LogP contribution in [0.1, 0.15) is 12.8 Å². The summed E-state index contributed by atoms with van der Waals surface area (Å²) in [5.41, 5.74) is 5.48. The predicted molar refractivity (Wildman–Crippen MR) is 51.7 cm³/mol. The molecular weight excluding hydrogens is 190 g/mol. The molecule has 0 saturated heterocycles. The second-order valence-electron chi connectivity index (χ2n) is 6.57. The normalized spacial score (nSPS) is 75.3. The van der Waals surface area contributed by atoms with Crippen LogP contribution in [0.4, 0.5) is 0 Å². The Labute approximate surface area is 88.0 Å². The second-order valence-corrected chi connectivity index (χ2v) is 6.57. The maximum atomic E-state index is 11.5. The molecule has 5 fully saturated rings. The lowest BCUT2D eigenvalue weighted by Gasteiger charge is -2.50. The molecule has 8 unspecified atom stereocenters. The van der Waals surface area contributed by atoms with Gasteiger partial charge in [-0.1, -0.05) is 0 Å². The summed E-state index contributed by atoms with van der Waals surface area (Å²) in [5.74, 6) is 4.52. The molecule has 3 heteroatoms. The van der Waals surface area contributed by atoms with Crippen LogP contribution < -0.4 is 5.73 Å². The van der Waals surface area contributed by atoms with Crippen LogP contribution in [-0.4, -0.2) is 16.6 Å². The number of carboxylic acids is 1. The van der Waals surface area contributed by atoms with Gasteiger partial charge in [0.15, 0.2) is 0 Å². The number of nitrogens with two attached hydrogens (primary N) is 1. The molecule has 0 heterocycles. The molecule has 0 aromatic rings. The maximum absolute atomic E-state index is 11.5. The van der Waals surface area contributed by atoms with E-state index < -0.39 is 11.5 Å². The predicted octanol–water partition coefficient (Wildman–Crippen LogP) is 0.546. The fourth-order valence-corrected chi connectivity index (χ4v) is 6.95. The number of aliphatic carboxylic acids is 1. The van der Waals surface area contributed by atoms with Crippen molar-refractivity contribution in [1.82, 2.24) is 0 Å². The highest BCUT2D eigenvalue weighted by Crippen LogP contribution is 2.84. The van der Waals surface area contributed by atoms with Crippen molar-refractivity contribution in [3.63, 3.8) is 0 Å². The minimum atomic E-state index is -0.829. The molecule has 0 amide bonds. The third kappa shape index (κ3) is 0.465. The van der Waals surface area contributed by atoms with Gasteiger partial charge in [-0.3, -0.25) is 4.79 Å². The van der Waals surface area contributed by atoms with Gasteiger partial charge in [0.2, 0.25) is 0 Å². The van der Waals surface area contributed by atoms with E-state index in [1.807, 2.05) is 0 Å². The summed E-state index contributed by atoms with van der Waals surface area (Å²) in [6.45, 7) is 0. The van der Waals surface area contributed by atoms with Crippen LogP contribution in [-0.2, 0) is 4.79 Å². The first-order valence-electron chi connectivity index (χ1n) is 6.18. The average molecular weight is 205 g/mol. The van der Waals surface area contributed by atoms with E-state index in [4.69, 9.17) is 5.73 Å². The molecule has 3 nitrogen and oxygen atoms in total. The molecule has 3 N–H and O–H groups in total. The number of carboxylic acid groups (broad SMARTS) is 1. The molecule has 0 aromatic heterocycles. The van der Waals surface area contributed by atoms with Gasteiger partial charge in [0.05, 0.1) is 0 Å². The van der Waals surface area contributed by atoms with Crippen molar-refractivity contribution in [2.75, 3.05) is 0 Å². The van der Waals surface area contributed by atoms with Crippen molar-refractivity contribution < 1.29 is 9.90 Å². The lowest BCUT2D eigenvalue weighted by atomic mass is 9.55. The minimum absolute atomic E-state index is 0.338. The lowest BCUT2D eigenvalue weighted by molar-refractivity contribution is -0.153. The highest BCUT2D eigenvalue weighted by Gasteiger charge is 2.85. The van der Waals surface area contributed by atoms with Crippen molar-refractivity contribution in [3.05, 3.63) is 0 Å². The van der Waals surface area contributed by atoms with Crippen LogP contribution >= 0.6 is 0 Å². The third-order valence-corrected chi connectivity index (χ3v) is 6.84. The van der Waals surface area contributed by atoms with Gasteiger partial charge in [-0.2, -0.15) is 0 Å². The van der Waals surface area contributed by atoms with Crippen molar-refractivity contribution in [3.8, 4) is 0 Å². The van der Waals surface area contributed by atoms with Gasteiger partial charge in [0.25, 0.3) is 0 Å². The fourth-order valence-electron chi connectivity index (χ4n) is 6.95. The van der Waals surface area contributed by atoms with E-state index in [2.05, 4.69) is 0 Å². The van der Waals surface area contributed by atoms with Crippen LogP contribution in [0.15, 0.2) is 0 Å². The zero-order valence-electron chi connectivity index (χ0n) is 8.47. The standard InChI is InChI=1S/C12H15NO2/c13-12(11(14)15)9-4-2-5-7-3(4)1-6(9)8(7)10(5)12/h3-10H,1-2,13H2,(H,14,15)/t3?,4?,5?,6?,7?,8?,9?,10?,12-/m1/s1. The van der Waals surface area contributed by atoms with Gasteiger partial charge in [-0.05, 0) is 60.2 Å². The van der Waals surface area contributed by atoms with Gasteiger partial charge in [-0.15, -0.1) is 0 Å². The SMILES string of the molecule is N[C@]1(C(=O)O)C2C3CC4C5C3CC2C5C41. The molecule has 0 radical (unpaired) electrons. The number of hydrogen-bond acceptors (Lipinski definition) is 2. The molecule has 5 rings (SSSR count). The van der Waals surface area contributed by atoms with Gasteiger partial charge >= 0.3 is 5.97 Å². The number of carbonyl (C=O) groups is 1. The number of hydrogen-bond donors (Lipinski definition) is 2. The average Bonchev–Trinajstić information content (AvgIpc) is 2.62. The largest absolute Gasteiger partial charge is 0.480 e. The van der Waals surface area contributed by atoms with E-state index >= 15 is 0 Å². The van der Waals surface area contributed by atoms with E-state index in [1.165, 1.54) is 12.8 Å². The van der Waals surface area contributed by atoms with Gasteiger partial charge in [-0.25, -0.2) is 0 Å². The van der Waals surface area contributed by atoms with Crippen molar-refractivity contribution in [1.29, 1.82) is 0 Å². The molecule has 5 aliphatic rings. The zero-order chi connectivity index (χ0) is 10.1. The molecule has 0 aromatic carbocycles. The first-order chi connectivity index (χ1) is 7.15. The summed E-state index contributed by atoms with van der Waals surface area (Å²) in [6.07, 6.45) is 2.62. The van der Waals surface area contributed by atoms with Gasteiger partial charge < -0.3 is 10.8 Å². The summed E-state index contributed by atoms with van der Waals surface area (Å²) >= 11 is 0. The van der Waals surface area contributed by atoms with Crippen LogP contribution in [0.2, 0.25) is 0 Å². The van der Waals surface area contributed by atoms with E-state index in [0.29, 0.717) is 35.5 Å². The van der Waals surface area contributed by atoms with Gasteiger partial charge in [0.1, 0.15) is 5.54 Å². The molecule has 0 aliphatic heterocycles.